The Morgan fingerprint density at radius 2 is 1.30 bits per heavy atom. The number of quaternary nitrogens is 1. The topological polar surface area (TPSA) is 46.5 Å². The Bertz CT molecular complexity index is 398. The number of halogens is 1. The summed E-state index contributed by atoms with van der Waals surface area (Å²) in [5, 5.41) is 9.05. The molecule has 2 atom stereocenters. The maximum absolute atomic E-state index is 11.0. The molecule has 0 saturated heterocycles. The zero-order valence-corrected chi connectivity index (χ0v) is 22.6. The van der Waals surface area contributed by atoms with E-state index in [2.05, 4.69) is 50.7 Å². The van der Waals surface area contributed by atoms with Gasteiger partial charge in [-0.1, -0.05) is 107 Å². The number of nitrogens with zero attached hydrogens (tertiary/aromatic N) is 1. The lowest BCUT2D eigenvalue weighted by Gasteiger charge is -2.28. The van der Waals surface area contributed by atoms with Gasteiger partial charge in [0.15, 0.2) is 0 Å². The molecule has 0 fully saturated rings. The number of carboxylic acids is 1. The Kier molecular flexibility index (Phi) is 19.9. The Morgan fingerprint density at radius 3 is 1.77 bits per heavy atom. The molecule has 4 nitrogen and oxygen atoms in total. The highest BCUT2D eigenvalue weighted by Gasteiger charge is 2.21. The third-order valence-electron chi connectivity index (χ3n) is 5.54. The van der Waals surface area contributed by atoms with Crippen LogP contribution >= 0.6 is 22.6 Å². The highest BCUT2D eigenvalue weighted by molar-refractivity contribution is 14.1. The van der Waals surface area contributed by atoms with Crippen LogP contribution in [0, 0.1) is 0 Å². The summed E-state index contributed by atoms with van der Waals surface area (Å²) in [6.45, 7) is 3.71. The number of rotatable bonds is 22. The van der Waals surface area contributed by atoms with Crippen molar-refractivity contribution in [2.75, 3.05) is 34.3 Å². The molecule has 30 heavy (non-hydrogen) atoms. The van der Waals surface area contributed by atoms with E-state index in [4.69, 9.17) is 9.84 Å². The van der Waals surface area contributed by atoms with Crippen LogP contribution in [-0.4, -0.2) is 59.9 Å². The maximum Gasteiger partial charge on any atom is 0.306 e. The predicted molar refractivity (Wildman–Crippen MR) is 138 cm³/mol. The van der Waals surface area contributed by atoms with Crippen molar-refractivity contribution in [1.82, 2.24) is 0 Å². The highest BCUT2D eigenvalue weighted by Crippen LogP contribution is 2.20. The third-order valence-corrected chi connectivity index (χ3v) is 6.79. The van der Waals surface area contributed by atoms with E-state index in [0.29, 0.717) is 6.61 Å². The second kappa shape index (κ2) is 19.8. The normalized spacial score (nSPS) is 14.0. The van der Waals surface area contributed by atoms with Gasteiger partial charge in [0, 0.05) is 10.5 Å². The highest BCUT2D eigenvalue weighted by atomic mass is 127. The number of hydrogen-bond donors (Lipinski definition) is 1. The molecule has 0 aliphatic carbocycles. The minimum atomic E-state index is -0.769. The van der Waals surface area contributed by atoms with Gasteiger partial charge in [0.2, 0.25) is 0 Å². The average Bonchev–Trinajstić information content (AvgIpc) is 2.64. The molecule has 0 aliphatic heterocycles. The molecule has 0 aromatic carbocycles. The molecule has 180 valence electrons. The molecule has 0 heterocycles. The second-order valence-electron chi connectivity index (χ2n) is 9.98. The van der Waals surface area contributed by atoms with Crippen molar-refractivity contribution in [3.05, 3.63) is 0 Å². The minimum absolute atomic E-state index is 0.103. The Labute approximate surface area is 201 Å². The zero-order chi connectivity index (χ0) is 22.7. The molecule has 0 radical (unpaired) electrons. The molecule has 0 aliphatic rings. The van der Waals surface area contributed by atoms with E-state index < -0.39 is 5.97 Å². The van der Waals surface area contributed by atoms with E-state index in [0.717, 1.165) is 21.4 Å². The van der Waals surface area contributed by atoms with Gasteiger partial charge < -0.3 is 14.3 Å². The van der Waals surface area contributed by atoms with Crippen LogP contribution in [0.3, 0.4) is 0 Å². The molecule has 0 aromatic heterocycles. The first kappa shape index (κ1) is 30.1. The summed E-state index contributed by atoms with van der Waals surface area (Å²) < 4.78 is 7.47. The van der Waals surface area contributed by atoms with Crippen LogP contribution in [0.15, 0.2) is 0 Å². The van der Waals surface area contributed by atoms with Crippen LogP contribution in [0.2, 0.25) is 0 Å². The van der Waals surface area contributed by atoms with Crippen molar-refractivity contribution >= 4 is 28.6 Å². The van der Waals surface area contributed by atoms with Gasteiger partial charge in [-0.2, -0.15) is 0 Å². The summed E-state index contributed by atoms with van der Waals surface area (Å²) in [5.74, 6) is -0.769. The standard InChI is InChI=1S/C25H50INO3/c1-5-6-7-8-12-15-18-23(26)19-16-13-10-9-11-14-17-20-30-24(21-25(28)29)22-27(2,3)4/h23-24H,5-22H2,1-4H3/p+1. The monoisotopic (exact) mass is 540 g/mol. The number of aliphatic carboxylic acids is 1. The van der Waals surface area contributed by atoms with Crippen LogP contribution in [0.5, 0.6) is 0 Å². The predicted octanol–water partition coefficient (Wildman–Crippen LogP) is 7.23. The minimum Gasteiger partial charge on any atom is -0.481 e. The maximum atomic E-state index is 11.0. The van der Waals surface area contributed by atoms with Gasteiger partial charge in [-0.15, -0.1) is 0 Å². The van der Waals surface area contributed by atoms with E-state index in [9.17, 15) is 4.79 Å². The summed E-state index contributed by atoms with van der Waals surface area (Å²) in [5.41, 5.74) is 0. The quantitative estimate of drug-likeness (QED) is 0.0682. The molecule has 5 heteroatoms. The number of unbranched alkanes of at least 4 members (excludes halogenated alkanes) is 11. The van der Waals surface area contributed by atoms with E-state index >= 15 is 0 Å². The SMILES string of the molecule is CCCCCCCCC(I)CCCCCCCCCOC(CC(=O)O)C[N+](C)(C)C. The van der Waals surface area contributed by atoms with E-state index in [1.165, 1.54) is 89.9 Å². The van der Waals surface area contributed by atoms with Gasteiger partial charge >= 0.3 is 5.97 Å². The molecule has 0 spiro atoms. The Morgan fingerprint density at radius 1 is 0.833 bits per heavy atom. The number of carboxylic acid groups (broad SMARTS) is 1. The lowest BCUT2D eigenvalue weighted by atomic mass is 10.0. The van der Waals surface area contributed by atoms with Crippen molar-refractivity contribution in [3.63, 3.8) is 0 Å². The molecule has 2 unspecified atom stereocenters. The number of carbonyl (C=O) groups is 1. The molecule has 0 rings (SSSR count). The first-order valence-corrected chi connectivity index (χ1v) is 13.8. The average molecular weight is 541 g/mol. The lowest BCUT2D eigenvalue weighted by Crippen LogP contribution is -2.43. The van der Waals surface area contributed by atoms with E-state index in [1.54, 1.807) is 0 Å². The number of hydrogen-bond acceptors (Lipinski definition) is 2. The van der Waals surface area contributed by atoms with Gasteiger partial charge in [0.25, 0.3) is 0 Å². The Balaban J connectivity index is 3.50. The number of ether oxygens (including phenoxy) is 1. The number of alkyl halides is 1. The second-order valence-corrected chi connectivity index (χ2v) is 11.7. The molecule has 1 N–H and O–H groups in total. The van der Waals surface area contributed by atoms with Gasteiger partial charge in [0.05, 0.1) is 27.6 Å². The van der Waals surface area contributed by atoms with Crippen molar-refractivity contribution in [1.29, 1.82) is 0 Å². The fourth-order valence-corrected chi connectivity index (χ4v) is 4.75. The largest absolute Gasteiger partial charge is 0.481 e. The van der Waals surface area contributed by atoms with Crippen molar-refractivity contribution < 1.29 is 19.1 Å². The smallest absolute Gasteiger partial charge is 0.306 e. The van der Waals surface area contributed by atoms with Crippen LogP contribution in [0.4, 0.5) is 0 Å². The molecule has 0 amide bonds. The number of likely N-dealkylation sites (N-methyl/N-ethyl adjacent to an activating group) is 1. The van der Waals surface area contributed by atoms with Crippen LogP contribution < -0.4 is 0 Å². The van der Waals surface area contributed by atoms with Gasteiger partial charge in [0.1, 0.15) is 12.6 Å². The fourth-order valence-electron chi connectivity index (χ4n) is 3.87. The molecular weight excluding hydrogens is 489 g/mol. The van der Waals surface area contributed by atoms with Gasteiger partial charge in [-0.05, 0) is 19.3 Å². The third kappa shape index (κ3) is 22.8. The summed E-state index contributed by atoms with van der Waals surface area (Å²) in [6.07, 6.45) is 20.1. The van der Waals surface area contributed by atoms with Crippen molar-refractivity contribution in [3.8, 4) is 0 Å². The van der Waals surface area contributed by atoms with Gasteiger partial charge in [-0.25, -0.2) is 0 Å². The molecule has 0 aromatic rings. The summed E-state index contributed by atoms with van der Waals surface area (Å²) in [6, 6.07) is 0. The molecular formula is C25H51INO3+. The van der Waals surface area contributed by atoms with Crippen LogP contribution in [0.1, 0.15) is 110 Å². The van der Waals surface area contributed by atoms with Crippen LogP contribution in [-0.2, 0) is 9.53 Å². The summed E-state index contributed by atoms with van der Waals surface area (Å²) in [7, 11) is 6.23. The zero-order valence-electron chi connectivity index (χ0n) is 20.5. The first-order chi connectivity index (χ1) is 14.2. The first-order valence-electron chi connectivity index (χ1n) is 12.5. The Hall–Kier alpha value is 0.120. The van der Waals surface area contributed by atoms with Gasteiger partial charge in [-0.3, -0.25) is 4.79 Å². The van der Waals surface area contributed by atoms with E-state index in [1.807, 2.05) is 0 Å². The van der Waals surface area contributed by atoms with Crippen molar-refractivity contribution in [2.24, 2.45) is 0 Å². The van der Waals surface area contributed by atoms with Crippen molar-refractivity contribution in [2.45, 2.75) is 120 Å². The molecule has 0 bridgehead atoms. The lowest BCUT2D eigenvalue weighted by molar-refractivity contribution is -0.873. The molecule has 0 saturated carbocycles. The fraction of sp³-hybridized carbons (Fsp3) is 0.960. The van der Waals surface area contributed by atoms with Crippen LogP contribution in [0.25, 0.3) is 0 Å². The summed E-state index contributed by atoms with van der Waals surface area (Å²) >= 11 is 2.66. The summed E-state index contributed by atoms with van der Waals surface area (Å²) in [4.78, 5) is 11.0. The van der Waals surface area contributed by atoms with E-state index in [-0.39, 0.29) is 12.5 Å².